The van der Waals surface area contributed by atoms with Gasteiger partial charge in [-0.25, -0.2) is 8.42 Å². The standard InChI is InChI=1S/C13H18F3NO3S/c1-4-21(18,19)8-9(2)17-12-6-5-10(20-3)7-11(12)13(14,15)16/h5-7,9,17H,4,8H2,1-3H3. The van der Waals surface area contributed by atoms with E-state index < -0.39 is 27.6 Å². The molecule has 1 aromatic rings. The molecule has 8 heteroatoms. The van der Waals surface area contributed by atoms with E-state index >= 15 is 0 Å². The van der Waals surface area contributed by atoms with E-state index in [1.807, 2.05) is 0 Å². The Balaban J connectivity index is 3.03. The largest absolute Gasteiger partial charge is 0.497 e. The summed E-state index contributed by atoms with van der Waals surface area (Å²) in [6.07, 6.45) is -4.56. The summed E-state index contributed by atoms with van der Waals surface area (Å²) < 4.78 is 66.8. The van der Waals surface area contributed by atoms with Crippen molar-refractivity contribution in [3.05, 3.63) is 23.8 Å². The quantitative estimate of drug-likeness (QED) is 0.874. The first-order valence-electron chi connectivity index (χ1n) is 6.31. The molecule has 21 heavy (non-hydrogen) atoms. The van der Waals surface area contributed by atoms with Crippen molar-refractivity contribution in [1.29, 1.82) is 0 Å². The van der Waals surface area contributed by atoms with Crippen molar-refractivity contribution < 1.29 is 26.3 Å². The van der Waals surface area contributed by atoms with E-state index in [2.05, 4.69) is 5.32 Å². The first kappa shape index (κ1) is 17.6. The Morgan fingerprint density at radius 1 is 1.33 bits per heavy atom. The number of sulfone groups is 1. The van der Waals surface area contributed by atoms with Gasteiger partial charge >= 0.3 is 6.18 Å². The molecular formula is C13H18F3NO3S. The third-order valence-electron chi connectivity index (χ3n) is 2.88. The van der Waals surface area contributed by atoms with Crippen LogP contribution in [-0.4, -0.2) is 33.1 Å². The summed E-state index contributed by atoms with van der Waals surface area (Å²) >= 11 is 0. The second-order valence-corrected chi connectivity index (χ2v) is 7.05. The lowest BCUT2D eigenvalue weighted by Gasteiger charge is -2.20. The summed E-state index contributed by atoms with van der Waals surface area (Å²) in [5, 5.41) is 2.60. The minimum Gasteiger partial charge on any atom is -0.497 e. The highest BCUT2D eigenvalue weighted by Crippen LogP contribution is 2.37. The van der Waals surface area contributed by atoms with Crippen LogP contribution in [0, 0.1) is 0 Å². The van der Waals surface area contributed by atoms with Crippen LogP contribution in [0.25, 0.3) is 0 Å². The average Bonchev–Trinajstić information content (AvgIpc) is 2.37. The number of nitrogens with one attached hydrogen (secondary N) is 1. The van der Waals surface area contributed by atoms with Crippen molar-refractivity contribution in [1.82, 2.24) is 0 Å². The molecule has 0 saturated heterocycles. The van der Waals surface area contributed by atoms with Crippen molar-refractivity contribution in [3.8, 4) is 5.75 Å². The van der Waals surface area contributed by atoms with E-state index in [0.717, 1.165) is 6.07 Å². The number of anilines is 1. The van der Waals surface area contributed by atoms with Gasteiger partial charge in [-0.05, 0) is 25.1 Å². The monoisotopic (exact) mass is 325 g/mol. The lowest BCUT2D eigenvalue weighted by atomic mass is 10.1. The molecule has 0 fully saturated rings. The SMILES string of the molecule is CCS(=O)(=O)CC(C)Nc1ccc(OC)cc1C(F)(F)F. The number of ether oxygens (including phenoxy) is 1. The molecule has 1 N–H and O–H groups in total. The maximum absolute atomic E-state index is 13.0. The van der Waals surface area contributed by atoms with Crippen molar-refractivity contribution in [2.45, 2.75) is 26.1 Å². The van der Waals surface area contributed by atoms with E-state index in [-0.39, 0.29) is 22.9 Å². The Bertz CT molecular complexity index is 585. The van der Waals surface area contributed by atoms with Gasteiger partial charge < -0.3 is 10.1 Å². The van der Waals surface area contributed by atoms with E-state index in [4.69, 9.17) is 4.74 Å². The molecule has 120 valence electrons. The van der Waals surface area contributed by atoms with Crippen LogP contribution >= 0.6 is 0 Å². The average molecular weight is 325 g/mol. The molecule has 1 atom stereocenters. The molecule has 0 spiro atoms. The summed E-state index contributed by atoms with van der Waals surface area (Å²) in [5.74, 6) is -0.192. The van der Waals surface area contributed by atoms with Gasteiger partial charge in [0.05, 0.1) is 18.4 Å². The zero-order valence-electron chi connectivity index (χ0n) is 12.0. The highest BCUT2D eigenvalue weighted by Gasteiger charge is 2.34. The number of hydrogen-bond acceptors (Lipinski definition) is 4. The molecule has 0 aromatic heterocycles. The smallest absolute Gasteiger partial charge is 0.418 e. The van der Waals surface area contributed by atoms with Gasteiger partial charge in [0.1, 0.15) is 5.75 Å². The van der Waals surface area contributed by atoms with Gasteiger partial charge in [0.2, 0.25) is 0 Å². The van der Waals surface area contributed by atoms with Gasteiger partial charge in [0.25, 0.3) is 0 Å². The molecule has 0 radical (unpaired) electrons. The molecule has 1 unspecified atom stereocenters. The second-order valence-electron chi connectivity index (χ2n) is 4.65. The number of alkyl halides is 3. The predicted octanol–water partition coefficient (Wildman–Crippen LogP) is 2.95. The number of hydrogen-bond donors (Lipinski definition) is 1. The summed E-state index contributed by atoms with van der Waals surface area (Å²) in [6, 6.07) is 2.86. The number of methoxy groups -OCH3 is 1. The summed E-state index contributed by atoms with van der Waals surface area (Å²) in [4.78, 5) is 0. The second kappa shape index (κ2) is 6.55. The Labute approximate surface area is 122 Å². The molecule has 0 saturated carbocycles. The zero-order chi connectivity index (χ0) is 16.3. The van der Waals surface area contributed by atoms with Crippen LogP contribution in [0.1, 0.15) is 19.4 Å². The van der Waals surface area contributed by atoms with Crippen molar-refractivity contribution in [2.75, 3.05) is 23.9 Å². The molecular weight excluding hydrogens is 307 g/mol. The van der Waals surface area contributed by atoms with Gasteiger partial charge in [0.15, 0.2) is 9.84 Å². The van der Waals surface area contributed by atoms with Crippen molar-refractivity contribution in [3.63, 3.8) is 0 Å². The fourth-order valence-corrected chi connectivity index (χ4v) is 2.90. The van der Waals surface area contributed by atoms with E-state index in [1.54, 1.807) is 0 Å². The highest BCUT2D eigenvalue weighted by atomic mass is 32.2. The Kier molecular flexibility index (Phi) is 5.49. The molecule has 0 aliphatic heterocycles. The summed E-state index contributed by atoms with van der Waals surface area (Å²) in [5.41, 5.74) is -1.05. The van der Waals surface area contributed by atoms with Gasteiger partial charge in [0, 0.05) is 17.5 Å². The fraction of sp³-hybridized carbons (Fsp3) is 0.538. The topological polar surface area (TPSA) is 55.4 Å². The molecule has 4 nitrogen and oxygen atoms in total. The molecule has 0 aliphatic rings. The van der Waals surface area contributed by atoms with Gasteiger partial charge in [-0.15, -0.1) is 0 Å². The molecule has 0 aliphatic carbocycles. The number of rotatable bonds is 6. The summed E-state index contributed by atoms with van der Waals surface area (Å²) in [6.45, 7) is 3.02. The van der Waals surface area contributed by atoms with Crippen LogP contribution in [0.2, 0.25) is 0 Å². The van der Waals surface area contributed by atoms with E-state index in [9.17, 15) is 21.6 Å². The van der Waals surface area contributed by atoms with Crippen LogP contribution in [0.5, 0.6) is 5.75 Å². The van der Waals surface area contributed by atoms with Crippen LogP contribution in [-0.2, 0) is 16.0 Å². The molecule has 1 rings (SSSR count). The maximum atomic E-state index is 13.0. The van der Waals surface area contributed by atoms with Gasteiger partial charge in [-0.2, -0.15) is 13.2 Å². The van der Waals surface area contributed by atoms with Gasteiger partial charge in [-0.3, -0.25) is 0 Å². The highest BCUT2D eigenvalue weighted by molar-refractivity contribution is 7.91. The Morgan fingerprint density at radius 2 is 1.95 bits per heavy atom. The van der Waals surface area contributed by atoms with Crippen LogP contribution in [0.15, 0.2) is 18.2 Å². The maximum Gasteiger partial charge on any atom is 0.418 e. The first-order chi connectivity index (χ1) is 9.59. The van der Waals surface area contributed by atoms with E-state index in [0.29, 0.717) is 0 Å². The lowest BCUT2D eigenvalue weighted by Crippen LogP contribution is -2.27. The molecule has 1 aromatic carbocycles. The van der Waals surface area contributed by atoms with Crippen LogP contribution < -0.4 is 10.1 Å². The minimum absolute atomic E-state index is 0.0479. The Hall–Kier alpha value is -1.44. The van der Waals surface area contributed by atoms with Crippen LogP contribution in [0.3, 0.4) is 0 Å². The normalized spacial score (nSPS) is 13.8. The third kappa shape index (κ3) is 5.11. The third-order valence-corrected chi connectivity index (χ3v) is 4.77. The van der Waals surface area contributed by atoms with Crippen molar-refractivity contribution >= 4 is 15.5 Å². The van der Waals surface area contributed by atoms with Crippen molar-refractivity contribution in [2.24, 2.45) is 0 Å². The van der Waals surface area contributed by atoms with Gasteiger partial charge in [-0.1, -0.05) is 6.92 Å². The fourth-order valence-electron chi connectivity index (χ4n) is 1.82. The zero-order valence-corrected chi connectivity index (χ0v) is 12.8. The Morgan fingerprint density at radius 3 is 2.43 bits per heavy atom. The number of benzene rings is 1. The number of halogens is 3. The predicted molar refractivity (Wildman–Crippen MR) is 75.4 cm³/mol. The molecule has 0 heterocycles. The molecule has 0 bridgehead atoms. The first-order valence-corrected chi connectivity index (χ1v) is 8.13. The summed E-state index contributed by atoms with van der Waals surface area (Å²) in [7, 11) is -1.99. The van der Waals surface area contributed by atoms with E-state index in [1.165, 1.54) is 33.1 Å². The minimum atomic E-state index is -4.56. The molecule has 0 amide bonds. The lowest BCUT2D eigenvalue weighted by molar-refractivity contribution is -0.137. The van der Waals surface area contributed by atoms with Crippen LogP contribution in [0.4, 0.5) is 18.9 Å².